The Morgan fingerprint density at radius 2 is 1.95 bits per heavy atom. The maximum absolute atomic E-state index is 5.44. The van der Waals surface area contributed by atoms with Gasteiger partial charge in [-0.1, -0.05) is 18.2 Å². The molecule has 1 saturated carbocycles. The third-order valence-corrected chi connectivity index (χ3v) is 3.50. The largest absolute Gasteiger partial charge is 0.468 e. The summed E-state index contributed by atoms with van der Waals surface area (Å²) in [6.07, 6.45) is 4.40. The summed E-state index contributed by atoms with van der Waals surface area (Å²) in [5.74, 6) is 1.06. The van der Waals surface area contributed by atoms with Gasteiger partial charge in [0.25, 0.3) is 0 Å². The molecule has 0 amide bonds. The Balaban J connectivity index is 1.48. The van der Waals surface area contributed by atoms with Crippen LogP contribution in [0.4, 0.5) is 5.69 Å². The van der Waals surface area contributed by atoms with Gasteiger partial charge >= 0.3 is 0 Å². The summed E-state index contributed by atoms with van der Waals surface area (Å²) < 4.78 is 5.44. The van der Waals surface area contributed by atoms with Gasteiger partial charge in [0.1, 0.15) is 5.76 Å². The topological polar surface area (TPSA) is 28.4 Å². The van der Waals surface area contributed by atoms with E-state index in [9.17, 15) is 0 Å². The van der Waals surface area contributed by atoms with Crippen LogP contribution in [0.1, 0.15) is 18.6 Å². The highest BCUT2D eigenvalue weighted by atomic mass is 16.3. The molecule has 1 aromatic carbocycles. The minimum absolute atomic E-state index is 0.752. The van der Waals surface area contributed by atoms with Gasteiger partial charge in [0.15, 0.2) is 0 Å². The zero-order valence-electron chi connectivity index (χ0n) is 11.1. The summed E-state index contributed by atoms with van der Waals surface area (Å²) in [4.78, 5) is 2.51. The first-order chi connectivity index (χ1) is 9.42. The Labute approximate surface area is 114 Å². The number of nitrogens with one attached hydrogen (secondary N) is 1. The van der Waals surface area contributed by atoms with Gasteiger partial charge in [-0.3, -0.25) is 4.90 Å². The van der Waals surface area contributed by atoms with E-state index in [1.165, 1.54) is 18.5 Å². The van der Waals surface area contributed by atoms with Crippen molar-refractivity contribution >= 4 is 5.69 Å². The number of para-hydroxylation sites is 1. The molecule has 0 aliphatic heterocycles. The fourth-order valence-corrected chi connectivity index (χ4v) is 2.33. The van der Waals surface area contributed by atoms with Crippen molar-refractivity contribution in [3.8, 4) is 0 Å². The molecule has 0 saturated heterocycles. The molecule has 19 heavy (non-hydrogen) atoms. The predicted octanol–water partition coefficient (Wildman–Crippen LogP) is 3.36. The van der Waals surface area contributed by atoms with E-state index < -0.39 is 0 Å². The van der Waals surface area contributed by atoms with Crippen molar-refractivity contribution in [2.45, 2.75) is 25.4 Å². The molecule has 0 radical (unpaired) electrons. The lowest BCUT2D eigenvalue weighted by Crippen LogP contribution is -2.30. The Bertz CT molecular complexity index is 477. The van der Waals surface area contributed by atoms with Gasteiger partial charge in [-0.25, -0.2) is 0 Å². The lowest BCUT2D eigenvalue weighted by atomic mass is 10.3. The Kier molecular flexibility index (Phi) is 3.84. The number of hydrogen-bond donors (Lipinski definition) is 1. The molecular formula is C16H20N2O. The number of rotatable bonds is 7. The van der Waals surface area contributed by atoms with Crippen LogP contribution in [0.15, 0.2) is 53.1 Å². The first-order valence-electron chi connectivity index (χ1n) is 6.97. The second kappa shape index (κ2) is 5.93. The minimum Gasteiger partial charge on any atom is -0.468 e. The van der Waals surface area contributed by atoms with E-state index in [2.05, 4.69) is 40.5 Å². The van der Waals surface area contributed by atoms with Crippen LogP contribution in [0.5, 0.6) is 0 Å². The highest BCUT2D eigenvalue weighted by Crippen LogP contribution is 2.28. The van der Waals surface area contributed by atoms with Gasteiger partial charge in [0.05, 0.1) is 12.8 Å². The summed E-state index contributed by atoms with van der Waals surface area (Å²) in [7, 11) is 0. The van der Waals surface area contributed by atoms with E-state index in [-0.39, 0.29) is 0 Å². The third kappa shape index (κ3) is 3.61. The van der Waals surface area contributed by atoms with Crippen LogP contribution in [0.25, 0.3) is 0 Å². The average molecular weight is 256 g/mol. The highest BCUT2D eigenvalue weighted by Gasteiger charge is 2.28. The molecule has 1 heterocycles. The fraction of sp³-hybridized carbons (Fsp3) is 0.375. The van der Waals surface area contributed by atoms with E-state index in [4.69, 9.17) is 4.42 Å². The summed E-state index contributed by atoms with van der Waals surface area (Å²) in [6.45, 7) is 2.95. The molecule has 1 aliphatic rings. The molecule has 3 nitrogen and oxygen atoms in total. The van der Waals surface area contributed by atoms with Crippen LogP contribution in [0.3, 0.4) is 0 Å². The molecule has 3 rings (SSSR count). The first kappa shape index (κ1) is 12.3. The quantitative estimate of drug-likeness (QED) is 0.823. The minimum atomic E-state index is 0.752. The number of nitrogens with zero attached hydrogens (tertiary/aromatic N) is 1. The molecule has 3 heteroatoms. The van der Waals surface area contributed by atoms with Crippen molar-refractivity contribution in [2.75, 3.05) is 18.4 Å². The van der Waals surface area contributed by atoms with E-state index in [1.807, 2.05) is 12.1 Å². The molecule has 100 valence electrons. The van der Waals surface area contributed by atoms with Gasteiger partial charge in [0.2, 0.25) is 0 Å². The third-order valence-electron chi connectivity index (χ3n) is 3.50. The maximum Gasteiger partial charge on any atom is 0.117 e. The van der Waals surface area contributed by atoms with Crippen LogP contribution in [0.2, 0.25) is 0 Å². The van der Waals surface area contributed by atoms with Gasteiger partial charge in [0, 0.05) is 24.8 Å². The molecule has 0 atom stereocenters. The number of furan rings is 1. The molecule has 1 aliphatic carbocycles. The average Bonchev–Trinajstić information content (AvgIpc) is 3.17. The number of hydrogen-bond acceptors (Lipinski definition) is 3. The zero-order valence-corrected chi connectivity index (χ0v) is 11.1. The first-order valence-corrected chi connectivity index (χ1v) is 6.97. The van der Waals surface area contributed by atoms with E-state index in [0.29, 0.717) is 0 Å². The molecule has 1 fully saturated rings. The molecule has 0 unspecified atom stereocenters. The normalized spacial score (nSPS) is 14.8. The van der Waals surface area contributed by atoms with E-state index in [0.717, 1.165) is 31.4 Å². The van der Waals surface area contributed by atoms with E-state index in [1.54, 1.807) is 6.26 Å². The Morgan fingerprint density at radius 3 is 2.63 bits per heavy atom. The molecule has 0 bridgehead atoms. The van der Waals surface area contributed by atoms with Gasteiger partial charge < -0.3 is 9.73 Å². The summed E-state index contributed by atoms with van der Waals surface area (Å²) >= 11 is 0. The molecular weight excluding hydrogens is 236 g/mol. The Hall–Kier alpha value is -1.74. The van der Waals surface area contributed by atoms with Gasteiger partial charge in [-0.2, -0.15) is 0 Å². The van der Waals surface area contributed by atoms with E-state index >= 15 is 0 Å². The molecule has 2 aromatic rings. The smallest absolute Gasteiger partial charge is 0.117 e. The van der Waals surface area contributed by atoms with Crippen LogP contribution in [-0.2, 0) is 6.54 Å². The molecule has 1 aromatic heterocycles. The SMILES string of the molecule is c1ccc(NCCN(Cc2ccco2)C2CC2)cc1. The summed E-state index contributed by atoms with van der Waals surface area (Å²) in [5, 5.41) is 3.47. The summed E-state index contributed by atoms with van der Waals surface area (Å²) in [6, 6.07) is 15.1. The molecule has 0 spiro atoms. The van der Waals surface area contributed by atoms with Crippen LogP contribution in [0, 0.1) is 0 Å². The summed E-state index contributed by atoms with van der Waals surface area (Å²) in [5.41, 5.74) is 1.19. The highest BCUT2D eigenvalue weighted by molar-refractivity contribution is 5.42. The number of anilines is 1. The van der Waals surface area contributed by atoms with Crippen molar-refractivity contribution in [3.05, 3.63) is 54.5 Å². The van der Waals surface area contributed by atoms with Crippen molar-refractivity contribution in [2.24, 2.45) is 0 Å². The van der Waals surface area contributed by atoms with Crippen molar-refractivity contribution in [1.29, 1.82) is 0 Å². The fourth-order valence-electron chi connectivity index (χ4n) is 2.33. The van der Waals surface area contributed by atoms with Gasteiger partial charge in [-0.15, -0.1) is 0 Å². The lowest BCUT2D eigenvalue weighted by molar-refractivity contribution is 0.242. The van der Waals surface area contributed by atoms with Crippen molar-refractivity contribution in [1.82, 2.24) is 4.90 Å². The number of benzene rings is 1. The predicted molar refractivity (Wildman–Crippen MR) is 77.1 cm³/mol. The van der Waals surface area contributed by atoms with Crippen LogP contribution in [-0.4, -0.2) is 24.0 Å². The monoisotopic (exact) mass is 256 g/mol. The second-order valence-corrected chi connectivity index (χ2v) is 5.07. The van der Waals surface area contributed by atoms with Crippen molar-refractivity contribution in [3.63, 3.8) is 0 Å². The lowest BCUT2D eigenvalue weighted by Gasteiger charge is -2.21. The van der Waals surface area contributed by atoms with Crippen LogP contribution >= 0.6 is 0 Å². The standard InChI is InChI=1S/C16H20N2O/c1-2-5-14(6-3-1)17-10-11-18(15-8-9-15)13-16-7-4-12-19-16/h1-7,12,15,17H,8-11,13H2. The van der Waals surface area contributed by atoms with Gasteiger partial charge in [-0.05, 0) is 37.1 Å². The van der Waals surface area contributed by atoms with Crippen molar-refractivity contribution < 1.29 is 4.42 Å². The van der Waals surface area contributed by atoms with Crippen LogP contribution < -0.4 is 5.32 Å². The Morgan fingerprint density at radius 1 is 1.11 bits per heavy atom. The molecule has 1 N–H and O–H groups in total. The second-order valence-electron chi connectivity index (χ2n) is 5.07. The maximum atomic E-state index is 5.44. The zero-order chi connectivity index (χ0) is 12.9.